The van der Waals surface area contributed by atoms with Crippen molar-refractivity contribution in [1.29, 1.82) is 0 Å². The van der Waals surface area contributed by atoms with Gasteiger partial charge in [-0.25, -0.2) is 0 Å². The Morgan fingerprint density at radius 3 is 2.46 bits per heavy atom. The van der Waals surface area contributed by atoms with Crippen LogP contribution in [0.25, 0.3) is 0 Å². The molecule has 4 rings (SSSR count). The Kier molecular flexibility index (Phi) is 9.87. The summed E-state index contributed by atoms with van der Waals surface area (Å²) in [5.74, 6) is 1.53. The Bertz CT molecular complexity index is 1170. The van der Waals surface area contributed by atoms with Crippen LogP contribution < -0.4 is 14.8 Å². The standard InChI is InChI=1S/C33H44N2O4/c1-22(2)35(23(3)4)18-20-39-32-21-27(13-16-31(32)37-6)34-33(36)29-17-19-38-30-15-12-26(11-14-28(29)30)25-9-7-24(5)8-10-25/h7-10,12-13,15-16,21-23,26,30H,11,14,17-20H2,1-6H3,(H,34,36). The molecule has 0 bridgehead atoms. The third-order valence-corrected chi connectivity index (χ3v) is 7.76. The summed E-state index contributed by atoms with van der Waals surface area (Å²) in [6, 6.07) is 15.2. The highest BCUT2D eigenvalue weighted by atomic mass is 16.5. The number of hydrogen-bond acceptors (Lipinski definition) is 5. The zero-order valence-corrected chi connectivity index (χ0v) is 24.3. The van der Waals surface area contributed by atoms with Crippen molar-refractivity contribution in [3.63, 3.8) is 0 Å². The zero-order chi connectivity index (χ0) is 27.9. The minimum Gasteiger partial charge on any atom is -0.493 e. The summed E-state index contributed by atoms with van der Waals surface area (Å²) in [7, 11) is 1.63. The van der Waals surface area contributed by atoms with Crippen LogP contribution in [0.15, 0.2) is 65.8 Å². The van der Waals surface area contributed by atoms with Crippen LogP contribution in [0.4, 0.5) is 5.69 Å². The van der Waals surface area contributed by atoms with Crippen LogP contribution in [0, 0.1) is 6.92 Å². The number of benzene rings is 2. The van der Waals surface area contributed by atoms with Crippen molar-refractivity contribution in [2.24, 2.45) is 0 Å². The molecular formula is C33H44N2O4. The van der Waals surface area contributed by atoms with E-state index < -0.39 is 0 Å². The summed E-state index contributed by atoms with van der Waals surface area (Å²) in [6.45, 7) is 12.8. The lowest BCUT2D eigenvalue weighted by molar-refractivity contribution is -0.113. The second-order valence-electron chi connectivity index (χ2n) is 11.1. The first-order valence-corrected chi connectivity index (χ1v) is 14.2. The molecule has 0 spiro atoms. The van der Waals surface area contributed by atoms with E-state index in [-0.39, 0.29) is 12.0 Å². The smallest absolute Gasteiger partial charge is 0.251 e. The van der Waals surface area contributed by atoms with Crippen LogP contribution in [0.2, 0.25) is 0 Å². The number of anilines is 1. The number of amides is 1. The molecule has 6 heteroatoms. The topological polar surface area (TPSA) is 60.0 Å². The number of hydrogen-bond donors (Lipinski definition) is 1. The molecule has 2 aromatic carbocycles. The number of nitrogens with one attached hydrogen (secondary N) is 1. The summed E-state index contributed by atoms with van der Waals surface area (Å²) in [4.78, 5) is 15.9. The van der Waals surface area contributed by atoms with Crippen LogP contribution in [0.3, 0.4) is 0 Å². The Morgan fingerprint density at radius 2 is 1.77 bits per heavy atom. The lowest BCUT2D eigenvalue weighted by atomic mass is 9.90. The molecule has 0 radical (unpaired) electrons. The maximum Gasteiger partial charge on any atom is 0.251 e. The summed E-state index contributed by atoms with van der Waals surface area (Å²) in [5.41, 5.74) is 5.19. The van der Waals surface area contributed by atoms with Crippen molar-refractivity contribution in [1.82, 2.24) is 4.90 Å². The van der Waals surface area contributed by atoms with Crippen LogP contribution >= 0.6 is 0 Å². The lowest BCUT2D eigenvalue weighted by Crippen LogP contribution is -2.39. The van der Waals surface area contributed by atoms with Crippen molar-refractivity contribution in [3.05, 3.63) is 76.9 Å². The van der Waals surface area contributed by atoms with E-state index in [4.69, 9.17) is 14.2 Å². The van der Waals surface area contributed by atoms with Crippen molar-refractivity contribution in [3.8, 4) is 11.5 Å². The first-order chi connectivity index (χ1) is 18.8. The van der Waals surface area contributed by atoms with E-state index >= 15 is 0 Å². The monoisotopic (exact) mass is 532 g/mol. The molecule has 0 aromatic heterocycles. The number of nitrogens with zero attached hydrogens (tertiary/aromatic N) is 1. The quantitative estimate of drug-likeness (QED) is 0.347. The molecule has 6 nitrogen and oxygen atoms in total. The number of allylic oxidation sites excluding steroid dienone is 1. The molecule has 1 aliphatic carbocycles. The SMILES string of the molecule is COc1ccc(NC(=O)C2=C3CCC(c4ccc(C)cc4)C=CC3OCC2)cc1OCCN(C(C)C)C(C)C. The van der Waals surface area contributed by atoms with Crippen molar-refractivity contribution in [2.75, 3.05) is 32.2 Å². The van der Waals surface area contributed by atoms with Crippen LogP contribution in [0.5, 0.6) is 11.5 Å². The van der Waals surface area contributed by atoms with Gasteiger partial charge in [-0.2, -0.15) is 0 Å². The normalized spacial score (nSPS) is 19.3. The van der Waals surface area contributed by atoms with Crippen LogP contribution in [-0.2, 0) is 9.53 Å². The molecular weight excluding hydrogens is 488 g/mol. The van der Waals surface area contributed by atoms with Crippen molar-refractivity contribution >= 4 is 11.6 Å². The fourth-order valence-corrected chi connectivity index (χ4v) is 5.63. The third-order valence-electron chi connectivity index (χ3n) is 7.76. The number of carbonyl (C=O) groups is 1. The first kappa shape index (κ1) is 28.9. The number of aryl methyl sites for hydroxylation is 1. The van der Waals surface area contributed by atoms with Gasteiger partial charge >= 0.3 is 0 Å². The summed E-state index contributed by atoms with van der Waals surface area (Å²) >= 11 is 0. The second kappa shape index (κ2) is 13.3. The molecule has 0 fully saturated rings. The van der Waals surface area contributed by atoms with Gasteiger partial charge in [-0.3, -0.25) is 9.69 Å². The summed E-state index contributed by atoms with van der Waals surface area (Å²) in [6.07, 6.45) is 6.63. The molecule has 0 saturated heterocycles. The Labute approximate surface area is 234 Å². The maximum atomic E-state index is 13.5. The minimum absolute atomic E-state index is 0.0672. The number of methoxy groups -OCH3 is 1. The van der Waals surface area contributed by atoms with E-state index in [2.05, 4.69) is 81.3 Å². The number of carbonyl (C=O) groups excluding carboxylic acids is 1. The summed E-state index contributed by atoms with van der Waals surface area (Å²) < 4.78 is 17.7. The van der Waals surface area contributed by atoms with E-state index in [9.17, 15) is 4.79 Å². The fourth-order valence-electron chi connectivity index (χ4n) is 5.63. The molecule has 1 heterocycles. The molecule has 0 saturated carbocycles. The highest BCUT2D eigenvalue weighted by Gasteiger charge is 2.29. The third kappa shape index (κ3) is 7.31. The van der Waals surface area contributed by atoms with Gasteiger partial charge in [0.25, 0.3) is 5.91 Å². The zero-order valence-electron chi connectivity index (χ0n) is 24.3. The van der Waals surface area contributed by atoms with Crippen molar-refractivity contribution < 1.29 is 19.0 Å². The largest absolute Gasteiger partial charge is 0.493 e. The number of ether oxygens (including phenoxy) is 3. The number of rotatable bonds is 10. The van der Waals surface area contributed by atoms with Gasteiger partial charge in [0.1, 0.15) is 6.61 Å². The van der Waals surface area contributed by atoms with E-state index in [0.717, 1.165) is 30.5 Å². The predicted molar refractivity (Wildman–Crippen MR) is 158 cm³/mol. The van der Waals surface area contributed by atoms with Gasteiger partial charge in [-0.1, -0.05) is 42.0 Å². The van der Waals surface area contributed by atoms with Gasteiger partial charge in [-0.15, -0.1) is 0 Å². The lowest BCUT2D eigenvalue weighted by Gasteiger charge is -2.30. The molecule has 2 atom stereocenters. The number of fused-ring (bicyclic) bond motifs is 1. The average Bonchev–Trinajstić information content (AvgIpc) is 3.14. The Hall–Kier alpha value is -3.09. The van der Waals surface area contributed by atoms with E-state index in [1.54, 1.807) is 7.11 Å². The molecule has 2 aliphatic rings. The first-order valence-electron chi connectivity index (χ1n) is 14.2. The Balaban J connectivity index is 1.46. The fraction of sp³-hybridized carbons (Fsp3) is 0.485. The highest BCUT2D eigenvalue weighted by molar-refractivity contribution is 6.04. The van der Waals surface area contributed by atoms with Gasteiger partial charge in [0.15, 0.2) is 11.5 Å². The van der Waals surface area contributed by atoms with E-state index in [1.807, 2.05) is 18.2 Å². The van der Waals surface area contributed by atoms with Gasteiger partial charge < -0.3 is 19.5 Å². The second-order valence-corrected chi connectivity index (χ2v) is 11.1. The molecule has 2 aromatic rings. The van der Waals surface area contributed by atoms with Crippen LogP contribution in [-0.4, -0.2) is 55.9 Å². The Morgan fingerprint density at radius 1 is 1.03 bits per heavy atom. The van der Waals surface area contributed by atoms with E-state index in [1.165, 1.54) is 11.1 Å². The summed E-state index contributed by atoms with van der Waals surface area (Å²) in [5, 5.41) is 3.12. The maximum absolute atomic E-state index is 13.5. The highest BCUT2D eigenvalue weighted by Crippen LogP contribution is 2.36. The molecule has 39 heavy (non-hydrogen) atoms. The average molecular weight is 533 g/mol. The molecule has 1 aliphatic heterocycles. The predicted octanol–water partition coefficient (Wildman–Crippen LogP) is 6.66. The minimum atomic E-state index is -0.144. The van der Waals surface area contributed by atoms with Gasteiger partial charge in [0, 0.05) is 48.3 Å². The molecule has 1 N–H and O–H groups in total. The molecule has 1 amide bonds. The molecule has 2 unspecified atom stereocenters. The van der Waals surface area contributed by atoms with Crippen LogP contribution in [0.1, 0.15) is 64.0 Å². The van der Waals surface area contributed by atoms with E-state index in [0.29, 0.717) is 54.8 Å². The van der Waals surface area contributed by atoms with Crippen molar-refractivity contribution in [2.45, 2.75) is 78.0 Å². The van der Waals surface area contributed by atoms with Gasteiger partial charge in [0.2, 0.25) is 0 Å². The van der Waals surface area contributed by atoms with Gasteiger partial charge in [0.05, 0.1) is 19.8 Å². The molecule has 210 valence electrons. The van der Waals surface area contributed by atoms with Gasteiger partial charge in [-0.05, 0) is 70.7 Å².